The highest BCUT2D eigenvalue weighted by atomic mass is 32.2. The number of aromatic nitrogens is 4. The van der Waals surface area contributed by atoms with Crippen molar-refractivity contribution in [2.45, 2.75) is 10.1 Å². The monoisotopic (exact) mass is 298 g/mol. The van der Waals surface area contributed by atoms with Crippen LogP contribution in [0.1, 0.15) is 0 Å². The lowest BCUT2D eigenvalue weighted by molar-refractivity contribution is 0.332. The van der Waals surface area contributed by atoms with Crippen molar-refractivity contribution in [2.24, 2.45) is 0 Å². The van der Waals surface area contributed by atoms with Crippen molar-refractivity contribution >= 4 is 23.4 Å². The van der Waals surface area contributed by atoms with E-state index in [0.29, 0.717) is 4.90 Å². The van der Waals surface area contributed by atoms with Crippen LogP contribution < -0.4 is 20.9 Å². The first-order chi connectivity index (χ1) is 9.53. The highest BCUT2D eigenvalue weighted by Gasteiger charge is 2.19. The Hall–Kier alpha value is -2.36. The normalized spacial score (nSPS) is 10.3. The maximum Gasteiger partial charge on any atom is 0.315 e. The Kier molecular flexibility index (Phi) is 4.03. The highest BCUT2D eigenvalue weighted by Crippen LogP contribution is 2.38. The van der Waals surface area contributed by atoms with Crippen molar-refractivity contribution in [3.8, 4) is 11.8 Å². The molecule has 0 radical (unpaired) electrons. The number of nitrogens with two attached hydrogens (primary N) is 2. The van der Waals surface area contributed by atoms with E-state index in [-0.39, 0.29) is 28.6 Å². The van der Waals surface area contributed by atoms with Crippen molar-refractivity contribution in [3.05, 3.63) is 12.1 Å². The number of rotatable bonds is 4. The molecule has 8 nitrogen and oxygen atoms in total. The van der Waals surface area contributed by atoms with Crippen LogP contribution in [0.25, 0.3) is 0 Å². The van der Waals surface area contributed by atoms with E-state index in [0.717, 1.165) is 11.8 Å². The molecule has 0 fully saturated rings. The third-order valence-corrected chi connectivity index (χ3v) is 3.02. The fraction of sp³-hybridized carbons (Fsp3) is 0.200. The van der Waals surface area contributed by atoms with E-state index in [1.165, 1.54) is 20.3 Å². The predicted molar refractivity (Wildman–Crippen MR) is 70.1 cm³/mol. The van der Waals surface area contributed by atoms with Crippen LogP contribution in [-0.4, -0.2) is 34.2 Å². The molecule has 0 atom stereocenters. The minimum atomic E-state index is -0.962. The maximum absolute atomic E-state index is 13.2. The fourth-order valence-corrected chi connectivity index (χ4v) is 2.27. The lowest BCUT2D eigenvalue weighted by atomic mass is 10.5. The number of hydrogen-bond acceptors (Lipinski definition) is 9. The first-order valence-corrected chi connectivity index (χ1v) is 6.08. The Labute approximate surface area is 117 Å². The zero-order valence-electron chi connectivity index (χ0n) is 10.6. The zero-order chi connectivity index (χ0) is 14.7. The number of ether oxygens (including phenoxy) is 2. The molecule has 2 aromatic rings. The van der Waals surface area contributed by atoms with Gasteiger partial charge in [-0.2, -0.15) is 14.4 Å². The minimum absolute atomic E-state index is 0.00365. The standard InChI is InChI=1S/C10H11FN6O2S/c1-18-7-6(8(19-2)17-9(11)16-7)20-10-14-4(12)3-5(13)15-10/h3H,1-2H3,(H4,12,13,14,15). The Balaban J connectivity index is 2.46. The smallest absolute Gasteiger partial charge is 0.315 e. The predicted octanol–water partition coefficient (Wildman–Crippen LogP) is 0.739. The van der Waals surface area contributed by atoms with Gasteiger partial charge in [-0.1, -0.05) is 0 Å². The van der Waals surface area contributed by atoms with Crippen molar-refractivity contribution in [3.63, 3.8) is 0 Å². The van der Waals surface area contributed by atoms with Crippen LogP contribution in [0.3, 0.4) is 0 Å². The Morgan fingerprint density at radius 3 is 1.95 bits per heavy atom. The van der Waals surface area contributed by atoms with Crippen molar-refractivity contribution in [1.82, 2.24) is 19.9 Å². The first-order valence-electron chi connectivity index (χ1n) is 5.27. The van der Waals surface area contributed by atoms with Crippen molar-refractivity contribution < 1.29 is 13.9 Å². The number of anilines is 2. The summed E-state index contributed by atoms with van der Waals surface area (Å²) in [4.78, 5) is 15.3. The van der Waals surface area contributed by atoms with Gasteiger partial charge in [-0.15, -0.1) is 0 Å². The van der Waals surface area contributed by atoms with Gasteiger partial charge < -0.3 is 20.9 Å². The third-order valence-electron chi connectivity index (χ3n) is 2.10. The average molecular weight is 298 g/mol. The van der Waals surface area contributed by atoms with Crippen LogP contribution in [-0.2, 0) is 0 Å². The number of methoxy groups -OCH3 is 2. The molecular weight excluding hydrogens is 287 g/mol. The Morgan fingerprint density at radius 1 is 1.00 bits per heavy atom. The molecule has 0 amide bonds. The van der Waals surface area contributed by atoms with Crippen LogP contribution in [0.2, 0.25) is 0 Å². The van der Waals surface area contributed by atoms with Gasteiger partial charge in [0.25, 0.3) is 0 Å². The van der Waals surface area contributed by atoms with Gasteiger partial charge in [-0.25, -0.2) is 9.97 Å². The van der Waals surface area contributed by atoms with Gasteiger partial charge in [-0.05, 0) is 11.8 Å². The molecule has 0 unspecified atom stereocenters. The van der Waals surface area contributed by atoms with E-state index in [1.54, 1.807) is 0 Å². The SMILES string of the molecule is COc1nc(F)nc(OC)c1Sc1nc(N)cc(N)n1. The second-order valence-electron chi connectivity index (χ2n) is 3.44. The van der Waals surface area contributed by atoms with E-state index in [1.807, 2.05) is 0 Å². The van der Waals surface area contributed by atoms with Gasteiger partial charge >= 0.3 is 6.08 Å². The van der Waals surface area contributed by atoms with E-state index in [2.05, 4.69) is 19.9 Å². The quantitative estimate of drug-likeness (QED) is 0.786. The third kappa shape index (κ3) is 2.96. The maximum atomic E-state index is 13.2. The van der Waals surface area contributed by atoms with Crippen molar-refractivity contribution in [1.29, 1.82) is 0 Å². The number of hydrogen-bond donors (Lipinski definition) is 2. The molecule has 0 saturated heterocycles. The minimum Gasteiger partial charge on any atom is -0.480 e. The summed E-state index contributed by atoms with van der Waals surface area (Å²) in [6, 6.07) is 1.42. The van der Waals surface area contributed by atoms with Gasteiger partial charge in [0, 0.05) is 6.07 Å². The second-order valence-corrected chi connectivity index (χ2v) is 4.42. The molecule has 0 aromatic carbocycles. The van der Waals surface area contributed by atoms with E-state index < -0.39 is 6.08 Å². The van der Waals surface area contributed by atoms with Gasteiger partial charge in [0.2, 0.25) is 11.8 Å². The largest absolute Gasteiger partial charge is 0.480 e. The van der Waals surface area contributed by atoms with Crippen LogP contribution in [0.5, 0.6) is 11.8 Å². The highest BCUT2D eigenvalue weighted by molar-refractivity contribution is 7.99. The molecule has 20 heavy (non-hydrogen) atoms. The van der Waals surface area contributed by atoms with Crippen LogP contribution in [0, 0.1) is 6.08 Å². The Bertz CT molecular complexity index is 596. The number of halogens is 1. The molecule has 2 aromatic heterocycles. The number of nitrogen functional groups attached to an aromatic ring is 2. The summed E-state index contributed by atoms with van der Waals surface area (Å²) in [6.07, 6.45) is -0.962. The van der Waals surface area contributed by atoms with Crippen molar-refractivity contribution in [2.75, 3.05) is 25.7 Å². The van der Waals surface area contributed by atoms with Crippen LogP contribution >= 0.6 is 11.8 Å². The fourth-order valence-electron chi connectivity index (χ4n) is 1.35. The molecule has 0 saturated carbocycles. The average Bonchev–Trinajstić information content (AvgIpc) is 2.39. The molecule has 0 spiro atoms. The van der Waals surface area contributed by atoms with Gasteiger partial charge in [0.15, 0.2) is 5.16 Å². The molecule has 0 bridgehead atoms. The van der Waals surface area contributed by atoms with Crippen LogP contribution in [0.15, 0.2) is 16.1 Å². The van der Waals surface area contributed by atoms with Gasteiger partial charge in [-0.3, -0.25) is 0 Å². The molecule has 0 aliphatic rings. The number of nitrogens with zero attached hydrogens (tertiary/aromatic N) is 4. The lowest BCUT2D eigenvalue weighted by Crippen LogP contribution is -2.03. The summed E-state index contributed by atoms with van der Waals surface area (Å²) in [5.74, 6) is 0.426. The molecule has 2 rings (SSSR count). The molecule has 0 aliphatic carbocycles. The molecule has 4 N–H and O–H groups in total. The molecular formula is C10H11FN6O2S. The second kappa shape index (κ2) is 5.74. The first kappa shape index (κ1) is 14.1. The summed E-state index contributed by atoms with van der Waals surface area (Å²) in [7, 11) is 2.69. The Morgan fingerprint density at radius 2 is 1.50 bits per heavy atom. The van der Waals surface area contributed by atoms with E-state index >= 15 is 0 Å². The summed E-state index contributed by atoms with van der Waals surface area (Å²) in [6.45, 7) is 0. The van der Waals surface area contributed by atoms with Gasteiger partial charge in [0.05, 0.1) is 14.2 Å². The molecule has 106 valence electrons. The lowest BCUT2D eigenvalue weighted by Gasteiger charge is -2.10. The summed E-state index contributed by atoms with van der Waals surface area (Å²) >= 11 is 1.00. The zero-order valence-corrected chi connectivity index (χ0v) is 11.4. The summed E-state index contributed by atoms with van der Waals surface area (Å²) in [5, 5.41) is 0.245. The summed E-state index contributed by atoms with van der Waals surface area (Å²) in [5.41, 5.74) is 11.2. The van der Waals surface area contributed by atoms with E-state index in [4.69, 9.17) is 20.9 Å². The van der Waals surface area contributed by atoms with E-state index in [9.17, 15) is 4.39 Å². The molecule has 10 heteroatoms. The van der Waals surface area contributed by atoms with Crippen LogP contribution in [0.4, 0.5) is 16.0 Å². The summed E-state index contributed by atoms with van der Waals surface area (Å²) < 4.78 is 23.2. The molecule has 0 aliphatic heterocycles. The van der Waals surface area contributed by atoms with Gasteiger partial charge in [0.1, 0.15) is 16.5 Å². The topological polar surface area (TPSA) is 122 Å². The molecule has 2 heterocycles.